The van der Waals surface area contributed by atoms with Crippen molar-refractivity contribution in [3.63, 3.8) is 0 Å². The molecule has 112 valence electrons. The Hall–Kier alpha value is -2.50. The van der Waals surface area contributed by atoms with Gasteiger partial charge in [0.15, 0.2) is 0 Å². The van der Waals surface area contributed by atoms with Crippen LogP contribution in [0.4, 0.5) is 0 Å². The van der Waals surface area contributed by atoms with Crippen molar-refractivity contribution in [2.45, 2.75) is 13.3 Å². The van der Waals surface area contributed by atoms with E-state index in [2.05, 4.69) is 15.0 Å². The van der Waals surface area contributed by atoms with Crippen LogP contribution >= 0.6 is 0 Å². The van der Waals surface area contributed by atoms with Crippen LogP contribution in [0.3, 0.4) is 0 Å². The van der Waals surface area contributed by atoms with Crippen molar-refractivity contribution < 1.29 is 19.1 Å². The molecule has 0 bridgehead atoms. The van der Waals surface area contributed by atoms with E-state index in [0.29, 0.717) is 13.0 Å². The van der Waals surface area contributed by atoms with Gasteiger partial charge >= 0.3 is 11.9 Å². The Morgan fingerprint density at radius 3 is 2.86 bits per heavy atom. The molecule has 6 heteroatoms. The molecule has 1 aromatic carbocycles. The Kier molecular flexibility index (Phi) is 4.81. The van der Waals surface area contributed by atoms with Crippen LogP contribution < -0.4 is 10.1 Å². The van der Waals surface area contributed by atoms with Gasteiger partial charge in [0.25, 0.3) is 0 Å². The third-order valence-electron chi connectivity index (χ3n) is 3.12. The SMILES string of the molecule is CCOC(=O)C(=O)NCCc1c[nH]c2ccc(OC)cc12. The number of amides is 1. The Morgan fingerprint density at radius 1 is 1.33 bits per heavy atom. The second-order valence-electron chi connectivity index (χ2n) is 4.45. The minimum absolute atomic E-state index is 0.189. The Labute approximate surface area is 122 Å². The molecule has 1 heterocycles. The van der Waals surface area contributed by atoms with Gasteiger partial charge in [0, 0.05) is 23.6 Å². The lowest BCUT2D eigenvalue weighted by molar-refractivity contribution is -0.154. The molecule has 0 radical (unpaired) electrons. The maximum atomic E-state index is 11.4. The molecule has 2 aromatic rings. The summed E-state index contributed by atoms with van der Waals surface area (Å²) in [5.41, 5.74) is 2.05. The summed E-state index contributed by atoms with van der Waals surface area (Å²) < 4.78 is 9.82. The van der Waals surface area contributed by atoms with Gasteiger partial charge in [-0.3, -0.25) is 4.79 Å². The zero-order chi connectivity index (χ0) is 15.2. The molecule has 1 aromatic heterocycles. The van der Waals surface area contributed by atoms with Crippen LogP contribution in [0.2, 0.25) is 0 Å². The fourth-order valence-electron chi connectivity index (χ4n) is 2.07. The highest BCUT2D eigenvalue weighted by Crippen LogP contribution is 2.23. The lowest BCUT2D eigenvalue weighted by Gasteiger charge is -2.05. The molecule has 6 nitrogen and oxygen atoms in total. The predicted octanol–water partition coefficient (Wildman–Crippen LogP) is 1.40. The van der Waals surface area contributed by atoms with Crippen LogP contribution in [0, 0.1) is 0 Å². The fourth-order valence-corrected chi connectivity index (χ4v) is 2.07. The van der Waals surface area contributed by atoms with Crippen LogP contribution in [0.5, 0.6) is 5.75 Å². The number of esters is 1. The minimum Gasteiger partial charge on any atom is -0.497 e. The lowest BCUT2D eigenvalue weighted by Crippen LogP contribution is -2.33. The molecule has 21 heavy (non-hydrogen) atoms. The number of methoxy groups -OCH3 is 1. The van der Waals surface area contributed by atoms with Gasteiger partial charge in [0.2, 0.25) is 0 Å². The van der Waals surface area contributed by atoms with Crippen molar-refractivity contribution in [3.05, 3.63) is 30.0 Å². The van der Waals surface area contributed by atoms with Crippen molar-refractivity contribution in [1.29, 1.82) is 0 Å². The first-order valence-electron chi connectivity index (χ1n) is 6.74. The molecule has 2 rings (SSSR count). The Balaban J connectivity index is 1.97. The number of aromatic amines is 1. The molecule has 0 aliphatic rings. The summed E-state index contributed by atoms with van der Waals surface area (Å²) in [7, 11) is 1.62. The molecule has 0 saturated heterocycles. The molecule has 0 atom stereocenters. The van der Waals surface area contributed by atoms with Crippen LogP contribution in [0.25, 0.3) is 10.9 Å². The van der Waals surface area contributed by atoms with Gasteiger partial charge in [-0.25, -0.2) is 4.79 Å². The quantitative estimate of drug-likeness (QED) is 0.644. The van der Waals surface area contributed by atoms with Gasteiger partial charge in [-0.1, -0.05) is 0 Å². The number of fused-ring (bicyclic) bond motifs is 1. The van der Waals surface area contributed by atoms with Gasteiger partial charge in [0.05, 0.1) is 13.7 Å². The van der Waals surface area contributed by atoms with Crippen molar-refractivity contribution in [2.24, 2.45) is 0 Å². The first-order valence-corrected chi connectivity index (χ1v) is 6.74. The summed E-state index contributed by atoms with van der Waals surface area (Å²) in [6.45, 7) is 2.21. The predicted molar refractivity (Wildman–Crippen MR) is 78.2 cm³/mol. The van der Waals surface area contributed by atoms with E-state index in [1.165, 1.54) is 0 Å². The Bertz CT molecular complexity index is 648. The van der Waals surface area contributed by atoms with Gasteiger partial charge in [-0.15, -0.1) is 0 Å². The van der Waals surface area contributed by atoms with E-state index >= 15 is 0 Å². The first kappa shape index (κ1) is 14.9. The number of H-pyrrole nitrogens is 1. The largest absolute Gasteiger partial charge is 0.497 e. The highest BCUT2D eigenvalue weighted by Gasteiger charge is 2.14. The summed E-state index contributed by atoms with van der Waals surface area (Å²) in [6, 6.07) is 5.76. The van der Waals surface area contributed by atoms with E-state index < -0.39 is 11.9 Å². The maximum absolute atomic E-state index is 11.4. The molecule has 0 saturated carbocycles. The van der Waals surface area contributed by atoms with Crippen LogP contribution in [-0.4, -0.2) is 37.1 Å². The number of carbonyl (C=O) groups is 2. The summed E-state index contributed by atoms with van der Waals surface area (Å²) in [4.78, 5) is 25.7. The fraction of sp³-hybridized carbons (Fsp3) is 0.333. The monoisotopic (exact) mass is 290 g/mol. The van der Waals surface area contributed by atoms with Crippen molar-refractivity contribution >= 4 is 22.8 Å². The molecule has 1 amide bonds. The summed E-state index contributed by atoms with van der Waals surface area (Å²) in [5, 5.41) is 3.58. The number of carbonyl (C=O) groups excluding carboxylic acids is 2. The number of nitrogens with one attached hydrogen (secondary N) is 2. The molecule has 0 aliphatic carbocycles. The standard InChI is InChI=1S/C15H18N2O4/c1-3-21-15(19)14(18)16-7-6-10-9-17-13-5-4-11(20-2)8-12(10)13/h4-5,8-9,17H,3,6-7H2,1-2H3,(H,16,18). The average molecular weight is 290 g/mol. The topological polar surface area (TPSA) is 80.4 Å². The van der Waals surface area contributed by atoms with Crippen LogP contribution in [-0.2, 0) is 20.7 Å². The van der Waals surface area contributed by atoms with E-state index in [-0.39, 0.29) is 6.61 Å². The number of hydrogen-bond donors (Lipinski definition) is 2. The smallest absolute Gasteiger partial charge is 0.396 e. The molecule has 0 spiro atoms. The first-order chi connectivity index (χ1) is 10.2. The Morgan fingerprint density at radius 2 is 2.14 bits per heavy atom. The zero-order valence-corrected chi connectivity index (χ0v) is 12.1. The van der Waals surface area contributed by atoms with Crippen LogP contribution in [0.15, 0.2) is 24.4 Å². The second kappa shape index (κ2) is 6.78. The summed E-state index contributed by atoms with van der Waals surface area (Å²) in [6.07, 6.45) is 2.50. The lowest BCUT2D eigenvalue weighted by atomic mass is 10.1. The second-order valence-corrected chi connectivity index (χ2v) is 4.45. The average Bonchev–Trinajstić information content (AvgIpc) is 2.89. The molecule has 0 aliphatic heterocycles. The normalized spacial score (nSPS) is 10.4. The highest BCUT2D eigenvalue weighted by molar-refractivity contribution is 6.32. The number of rotatable bonds is 5. The van der Waals surface area contributed by atoms with Crippen molar-refractivity contribution in [2.75, 3.05) is 20.3 Å². The zero-order valence-electron chi connectivity index (χ0n) is 12.1. The van der Waals surface area contributed by atoms with E-state index in [1.54, 1.807) is 14.0 Å². The van der Waals surface area contributed by atoms with Gasteiger partial charge in [-0.05, 0) is 37.1 Å². The molecular formula is C15H18N2O4. The number of aromatic nitrogens is 1. The summed E-state index contributed by atoms with van der Waals surface area (Å²) >= 11 is 0. The number of benzene rings is 1. The third kappa shape index (κ3) is 3.53. The van der Waals surface area contributed by atoms with Crippen molar-refractivity contribution in [1.82, 2.24) is 10.3 Å². The molecule has 0 unspecified atom stereocenters. The van der Waals surface area contributed by atoms with Gasteiger partial charge < -0.3 is 19.8 Å². The summed E-state index contributed by atoms with van der Waals surface area (Å²) in [5.74, 6) is -0.786. The number of ether oxygens (including phenoxy) is 2. The highest BCUT2D eigenvalue weighted by atomic mass is 16.5. The van der Waals surface area contributed by atoms with E-state index in [1.807, 2.05) is 24.4 Å². The van der Waals surface area contributed by atoms with Gasteiger partial charge in [0.1, 0.15) is 5.75 Å². The van der Waals surface area contributed by atoms with E-state index in [0.717, 1.165) is 22.2 Å². The van der Waals surface area contributed by atoms with Crippen molar-refractivity contribution in [3.8, 4) is 5.75 Å². The third-order valence-corrected chi connectivity index (χ3v) is 3.12. The molecule has 0 fully saturated rings. The molecular weight excluding hydrogens is 272 g/mol. The minimum atomic E-state index is -0.849. The van der Waals surface area contributed by atoms with Gasteiger partial charge in [-0.2, -0.15) is 0 Å². The van der Waals surface area contributed by atoms with Crippen LogP contribution in [0.1, 0.15) is 12.5 Å². The number of hydrogen-bond acceptors (Lipinski definition) is 4. The van der Waals surface area contributed by atoms with E-state index in [9.17, 15) is 9.59 Å². The van der Waals surface area contributed by atoms with E-state index in [4.69, 9.17) is 4.74 Å². The maximum Gasteiger partial charge on any atom is 0.396 e. The molecule has 2 N–H and O–H groups in total.